The quantitative estimate of drug-likeness (QED) is 0.310. The molecule has 1 amide bonds. The number of methoxy groups -OCH3 is 1. The fourth-order valence-corrected chi connectivity index (χ4v) is 5.09. The van der Waals surface area contributed by atoms with Gasteiger partial charge in [-0.15, -0.1) is 0 Å². The Morgan fingerprint density at radius 3 is 2.68 bits per heavy atom. The molecule has 2 aromatic heterocycles. The van der Waals surface area contributed by atoms with E-state index in [1.165, 1.54) is 0 Å². The number of nitrogens with one attached hydrogen (secondary N) is 2. The summed E-state index contributed by atoms with van der Waals surface area (Å²) in [4.78, 5) is 18.8. The smallest absolute Gasteiger partial charge is 0.224 e. The highest BCUT2D eigenvalue weighted by Crippen LogP contribution is 2.43. The summed E-state index contributed by atoms with van der Waals surface area (Å²) in [5.41, 5.74) is 5.64. The predicted molar refractivity (Wildman–Crippen MR) is 150 cm³/mol. The molecular formula is C29H29N5O2S. The van der Waals surface area contributed by atoms with Gasteiger partial charge in [0.1, 0.15) is 11.8 Å². The summed E-state index contributed by atoms with van der Waals surface area (Å²) in [5.74, 6) is 0.772. The topological polar surface area (TPSA) is 71.4 Å². The van der Waals surface area contributed by atoms with Crippen LogP contribution in [0.25, 0.3) is 5.69 Å². The van der Waals surface area contributed by atoms with Crippen LogP contribution in [0.15, 0.2) is 85.2 Å². The van der Waals surface area contributed by atoms with Crippen LogP contribution in [0.1, 0.15) is 42.4 Å². The molecule has 1 aliphatic heterocycles. The van der Waals surface area contributed by atoms with E-state index in [9.17, 15) is 4.79 Å². The van der Waals surface area contributed by atoms with Crippen LogP contribution >= 0.6 is 12.2 Å². The molecule has 5 rings (SSSR count). The number of anilines is 2. The van der Waals surface area contributed by atoms with Gasteiger partial charge in [-0.1, -0.05) is 19.1 Å². The van der Waals surface area contributed by atoms with Crippen molar-refractivity contribution in [1.29, 1.82) is 0 Å². The van der Waals surface area contributed by atoms with Crippen molar-refractivity contribution in [3.8, 4) is 11.4 Å². The molecule has 37 heavy (non-hydrogen) atoms. The van der Waals surface area contributed by atoms with Crippen molar-refractivity contribution in [1.82, 2.24) is 14.9 Å². The van der Waals surface area contributed by atoms with Gasteiger partial charge in [-0.05, 0) is 79.3 Å². The van der Waals surface area contributed by atoms with Gasteiger partial charge in [0.05, 0.1) is 18.8 Å². The van der Waals surface area contributed by atoms with E-state index >= 15 is 0 Å². The number of hydrogen-bond donors (Lipinski definition) is 2. The summed E-state index contributed by atoms with van der Waals surface area (Å²) < 4.78 is 7.64. The molecule has 2 aromatic carbocycles. The number of hydrogen-bond acceptors (Lipinski definition) is 4. The first kappa shape index (κ1) is 24.5. The fraction of sp³-hybridized carbons (Fsp3) is 0.207. The maximum absolute atomic E-state index is 12.0. The van der Waals surface area contributed by atoms with Crippen LogP contribution in [0.5, 0.6) is 5.75 Å². The molecule has 3 heterocycles. The number of amides is 1. The molecule has 0 spiro atoms. The predicted octanol–water partition coefficient (Wildman–Crippen LogP) is 5.71. The third kappa shape index (κ3) is 4.80. The van der Waals surface area contributed by atoms with Crippen molar-refractivity contribution in [3.05, 3.63) is 102 Å². The minimum absolute atomic E-state index is 0.0154. The standard InChI is InChI=1S/C29H29N5O2S/c1-4-26(35)31-23-14-13-21(17-19(23)2)34-28(27(32-29(34)37)24-11-5-6-15-30-24)25-12-8-16-33(25)20-9-7-10-22(18-20)36-3/h5-18,27-28H,4H2,1-3H3,(H,31,35)(H,32,37)/t27-,28-/m0/s1. The molecule has 0 unspecified atom stereocenters. The van der Waals surface area contributed by atoms with Crippen LogP contribution < -0.4 is 20.3 Å². The largest absolute Gasteiger partial charge is 0.497 e. The number of thiocarbonyl (C=S) groups is 1. The third-order valence-corrected chi connectivity index (χ3v) is 6.91. The Kier molecular flexibility index (Phi) is 6.92. The highest BCUT2D eigenvalue weighted by Gasteiger charge is 2.42. The van der Waals surface area contributed by atoms with Crippen molar-refractivity contribution < 1.29 is 9.53 Å². The highest BCUT2D eigenvalue weighted by molar-refractivity contribution is 7.80. The summed E-state index contributed by atoms with van der Waals surface area (Å²) in [6, 6.07) is 23.7. The number of nitrogens with zero attached hydrogens (tertiary/aromatic N) is 3. The zero-order valence-corrected chi connectivity index (χ0v) is 21.8. The van der Waals surface area contributed by atoms with Gasteiger partial charge >= 0.3 is 0 Å². The normalized spacial score (nSPS) is 16.9. The zero-order valence-electron chi connectivity index (χ0n) is 21.0. The summed E-state index contributed by atoms with van der Waals surface area (Å²) in [6.45, 7) is 3.83. The molecule has 0 bridgehead atoms. The fourth-order valence-electron chi connectivity index (χ4n) is 4.74. The molecular weight excluding hydrogens is 482 g/mol. The molecule has 0 aliphatic carbocycles. The lowest BCUT2D eigenvalue weighted by molar-refractivity contribution is -0.115. The Morgan fingerprint density at radius 1 is 1.08 bits per heavy atom. The van der Waals surface area contributed by atoms with Crippen LogP contribution in [0.2, 0.25) is 0 Å². The lowest BCUT2D eigenvalue weighted by Crippen LogP contribution is -2.30. The number of ether oxygens (including phenoxy) is 1. The molecule has 1 fully saturated rings. The number of pyridine rings is 1. The molecule has 0 saturated carbocycles. The van der Waals surface area contributed by atoms with Crippen molar-refractivity contribution in [2.45, 2.75) is 32.4 Å². The third-order valence-electron chi connectivity index (χ3n) is 6.60. The van der Waals surface area contributed by atoms with Crippen molar-refractivity contribution >= 4 is 34.6 Å². The van der Waals surface area contributed by atoms with Crippen LogP contribution in [-0.4, -0.2) is 27.7 Å². The van der Waals surface area contributed by atoms with Gasteiger partial charge in [-0.2, -0.15) is 0 Å². The van der Waals surface area contributed by atoms with Gasteiger partial charge in [-0.25, -0.2) is 0 Å². The first-order valence-electron chi connectivity index (χ1n) is 12.2. The van der Waals surface area contributed by atoms with Gasteiger partial charge in [0.25, 0.3) is 0 Å². The zero-order chi connectivity index (χ0) is 25.9. The number of carbonyl (C=O) groups excluding carboxylic acids is 1. The molecule has 2 atom stereocenters. The summed E-state index contributed by atoms with van der Waals surface area (Å²) in [7, 11) is 1.67. The average molecular weight is 512 g/mol. The highest BCUT2D eigenvalue weighted by atomic mass is 32.1. The van der Waals surface area contributed by atoms with Crippen LogP contribution in [0.3, 0.4) is 0 Å². The number of benzene rings is 2. The van der Waals surface area contributed by atoms with Gasteiger partial charge in [-0.3, -0.25) is 9.78 Å². The minimum atomic E-state index is -0.181. The number of rotatable bonds is 7. The second-order valence-corrected chi connectivity index (χ2v) is 9.29. The first-order valence-corrected chi connectivity index (χ1v) is 12.6. The molecule has 188 valence electrons. The molecule has 0 radical (unpaired) electrons. The minimum Gasteiger partial charge on any atom is -0.497 e. The van der Waals surface area contributed by atoms with E-state index in [2.05, 4.69) is 43.3 Å². The lowest BCUT2D eigenvalue weighted by atomic mass is 10.00. The Morgan fingerprint density at radius 2 is 1.95 bits per heavy atom. The Balaban J connectivity index is 1.61. The molecule has 1 saturated heterocycles. The molecule has 4 aromatic rings. The van der Waals surface area contributed by atoms with Crippen molar-refractivity contribution in [2.24, 2.45) is 0 Å². The van der Waals surface area contributed by atoms with Crippen molar-refractivity contribution in [2.75, 3.05) is 17.3 Å². The molecule has 2 N–H and O–H groups in total. The Bertz CT molecular complexity index is 1440. The molecule has 1 aliphatic rings. The van der Waals surface area contributed by atoms with Gasteiger partial charge in [0, 0.05) is 47.6 Å². The Labute approximate surface area is 222 Å². The van der Waals surface area contributed by atoms with E-state index in [1.54, 1.807) is 13.3 Å². The average Bonchev–Trinajstić information content (AvgIpc) is 3.54. The van der Waals surface area contributed by atoms with Crippen LogP contribution in [-0.2, 0) is 4.79 Å². The monoisotopic (exact) mass is 511 g/mol. The number of aromatic nitrogens is 2. The van der Waals surface area contributed by atoms with E-state index in [0.29, 0.717) is 11.5 Å². The second kappa shape index (κ2) is 10.4. The maximum atomic E-state index is 12.0. The first-order chi connectivity index (χ1) is 18.0. The van der Waals surface area contributed by atoms with E-state index in [0.717, 1.165) is 39.8 Å². The molecule has 8 heteroatoms. The van der Waals surface area contributed by atoms with Crippen molar-refractivity contribution in [3.63, 3.8) is 0 Å². The summed E-state index contributed by atoms with van der Waals surface area (Å²) in [5, 5.41) is 7.11. The Hall–Kier alpha value is -4.17. The number of aryl methyl sites for hydroxylation is 1. The van der Waals surface area contributed by atoms with E-state index < -0.39 is 0 Å². The summed E-state index contributed by atoms with van der Waals surface area (Å²) >= 11 is 5.90. The van der Waals surface area contributed by atoms with Gasteiger partial charge < -0.3 is 24.8 Å². The van der Waals surface area contributed by atoms with Gasteiger partial charge in [0.15, 0.2) is 5.11 Å². The lowest BCUT2D eigenvalue weighted by Gasteiger charge is -2.29. The molecule has 7 nitrogen and oxygen atoms in total. The van der Waals surface area contributed by atoms with Crippen LogP contribution in [0, 0.1) is 6.92 Å². The summed E-state index contributed by atoms with van der Waals surface area (Å²) in [6.07, 6.45) is 4.28. The number of carbonyl (C=O) groups is 1. The van der Waals surface area contributed by atoms with E-state index in [1.807, 2.05) is 74.6 Å². The van der Waals surface area contributed by atoms with E-state index in [4.69, 9.17) is 17.0 Å². The maximum Gasteiger partial charge on any atom is 0.224 e. The van der Waals surface area contributed by atoms with Crippen LogP contribution in [0.4, 0.5) is 11.4 Å². The van der Waals surface area contributed by atoms with Gasteiger partial charge in [0.2, 0.25) is 5.91 Å². The second-order valence-electron chi connectivity index (χ2n) is 8.90. The van der Waals surface area contributed by atoms with E-state index in [-0.39, 0.29) is 18.0 Å². The SMILES string of the molecule is CCC(=O)Nc1ccc(N2C(=S)N[C@@H](c3ccccn3)[C@@H]2c2cccn2-c2cccc(OC)c2)cc1C.